The third-order valence-corrected chi connectivity index (χ3v) is 6.51. The van der Waals surface area contributed by atoms with Gasteiger partial charge in [0.05, 0.1) is 12.0 Å². The van der Waals surface area contributed by atoms with Crippen LogP contribution in [0.15, 0.2) is 35.7 Å². The summed E-state index contributed by atoms with van der Waals surface area (Å²) in [6.45, 7) is 2.84. The molecule has 1 saturated heterocycles. The maximum absolute atomic E-state index is 13.7. The van der Waals surface area contributed by atoms with Gasteiger partial charge in [-0.2, -0.15) is 4.31 Å². The van der Waals surface area contributed by atoms with Crippen molar-refractivity contribution in [3.63, 3.8) is 0 Å². The molecule has 7 nitrogen and oxygen atoms in total. The molecule has 0 saturated carbocycles. The first kappa shape index (κ1) is 19.8. The van der Waals surface area contributed by atoms with Crippen molar-refractivity contribution in [3.05, 3.63) is 41.6 Å². The van der Waals surface area contributed by atoms with Gasteiger partial charge in [0.15, 0.2) is 5.03 Å². The van der Waals surface area contributed by atoms with E-state index in [0.29, 0.717) is 19.0 Å². The van der Waals surface area contributed by atoms with Crippen molar-refractivity contribution in [2.45, 2.75) is 31.3 Å². The molecule has 1 aromatic carbocycles. The number of piperidine rings is 1. The molecule has 0 bridgehead atoms. The Balaban J connectivity index is 1.66. The Kier molecular flexibility index (Phi) is 5.83. The van der Waals surface area contributed by atoms with Gasteiger partial charge in [-0.1, -0.05) is 18.5 Å². The molecule has 10 heteroatoms. The van der Waals surface area contributed by atoms with E-state index in [1.165, 1.54) is 33.5 Å². The second-order valence-electron chi connectivity index (χ2n) is 6.64. The molecule has 27 heavy (non-hydrogen) atoms. The van der Waals surface area contributed by atoms with Crippen molar-refractivity contribution in [1.29, 1.82) is 0 Å². The van der Waals surface area contributed by atoms with Crippen molar-refractivity contribution < 1.29 is 17.6 Å². The number of hydrogen-bond acceptors (Lipinski definition) is 4. The third-order valence-electron chi connectivity index (χ3n) is 4.49. The molecule has 2 aromatic rings. The fraction of sp³-hybridized carbons (Fsp3) is 0.412. The van der Waals surface area contributed by atoms with Gasteiger partial charge in [0.2, 0.25) is 5.91 Å². The summed E-state index contributed by atoms with van der Waals surface area (Å²) in [7, 11) is -3.68. The number of aromatic nitrogens is 2. The van der Waals surface area contributed by atoms with E-state index in [4.69, 9.17) is 11.6 Å². The molecule has 2 heterocycles. The molecule has 3 rings (SSSR count). The number of amides is 1. The van der Waals surface area contributed by atoms with Gasteiger partial charge in [-0.15, -0.1) is 0 Å². The minimum absolute atomic E-state index is 0.000188. The van der Waals surface area contributed by atoms with Crippen molar-refractivity contribution in [2.75, 3.05) is 18.4 Å². The van der Waals surface area contributed by atoms with Crippen molar-refractivity contribution >= 4 is 33.2 Å². The average Bonchev–Trinajstić information content (AvgIpc) is 3.07. The van der Waals surface area contributed by atoms with E-state index in [9.17, 15) is 17.6 Å². The Hall–Kier alpha value is -1.97. The highest BCUT2D eigenvalue weighted by atomic mass is 35.5. The zero-order valence-electron chi connectivity index (χ0n) is 14.7. The van der Waals surface area contributed by atoms with Crippen LogP contribution in [0.4, 0.5) is 10.1 Å². The van der Waals surface area contributed by atoms with Crippen LogP contribution in [0.5, 0.6) is 0 Å². The number of rotatable bonds is 5. The molecule has 0 radical (unpaired) electrons. The molecule has 0 atom stereocenters. The number of sulfonamides is 1. The highest BCUT2D eigenvalue weighted by Gasteiger charge is 2.29. The smallest absolute Gasteiger partial charge is 0.262 e. The van der Waals surface area contributed by atoms with Gasteiger partial charge in [0, 0.05) is 24.3 Å². The fourth-order valence-corrected chi connectivity index (χ4v) is 4.43. The summed E-state index contributed by atoms with van der Waals surface area (Å²) in [6, 6.07) is 3.91. The zero-order chi connectivity index (χ0) is 19.6. The molecular weight excluding hydrogens is 395 g/mol. The molecule has 146 valence electrons. The van der Waals surface area contributed by atoms with Gasteiger partial charge in [-0.25, -0.2) is 17.8 Å². The summed E-state index contributed by atoms with van der Waals surface area (Å²) in [6.07, 6.45) is 4.21. The molecule has 0 spiro atoms. The number of imidazole rings is 1. The number of nitrogens with one attached hydrogen (secondary N) is 1. The van der Waals surface area contributed by atoms with Crippen LogP contribution in [0.25, 0.3) is 0 Å². The Morgan fingerprint density at radius 1 is 1.37 bits per heavy atom. The number of carbonyl (C=O) groups excluding carboxylic acids is 1. The highest BCUT2D eigenvalue weighted by molar-refractivity contribution is 7.89. The number of halogens is 2. The number of anilines is 1. The predicted molar refractivity (Wildman–Crippen MR) is 99.4 cm³/mol. The van der Waals surface area contributed by atoms with Crippen LogP contribution < -0.4 is 5.32 Å². The van der Waals surface area contributed by atoms with Crippen molar-refractivity contribution in [2.24, 2.45) is 5.92 Å². The zero-order valence-corrected chi connectivity index (χ0v) is 16.3. The molecule has 1 N–H and O–H groups in total. The Morgan fingerprint density at radius 2 is 2.07 bits per heavy atom. The van der Waals surface area contributed by atoms with Gasteiger partial charge >= 0.3 is 0 Å². The van der Waals surface area contributed by atoms with E-state index in [1.807, 2.05) is 0 Å². The molecule has 1 aliphatic rings. The van der Waals surface area contributed by atoms with E-state index in [-0.39, 0.29) is 22.3 Å². The quantitative estimate of drug-likeness (QED) is 0.815. The lowest BCUT2D eigenvalue weighted by Crippen LogP contribution is -2.38. The second kappa shape index (κ2) is 7.95. The van der Waals surface area contributed by atoms with Gasteiger partial charge in [0.25, 0.3) is 10.0 Å². The summed E-state index contributed by atoms with van der Waals surface area (Å²) in [5, 5.41) is 2.55. The number of benzene rings is 1. The van der Waals surface area contributed by atoms with Crippen LogP contribution in [0.2, 0.25) is 5.02 Å². The summed E-state index contributed by atoms with van der Waals surface area (Å²) in [4.78, 5) is 16.0. The van der Waals surface area contributed by atoms with E-state index >= 15 is 0 Å². The lowest BCUT2D eigenvalue weighted by atomic mass is 10.0. The molecule has 1 aliphatic heterocycles. The van der Waals surface area contributed by atoms with E-state index in [2.05, 4.69) is 17.2 Å². The molecule has 0 unspecified atom stereocenters. The third kappa shape index (κ3) is 4.66. The Bertz CT molecular complexity index is 939. The Morgan fingerprint density at radius 3 is 2.74 bits per heavy atom. The first-order valence-electron chi connectivity index (χ1n) is 8.52. The largest absolute Gasteiger partial charge is 0.327 e. The van der Waals surface area contributed by atoms with Crippen LogP contribution in [-0.2, 0) is 21.4 Å². The van der Waals surface area contributed by atoms with Crippen LogP contribution in [0, 0.1) is 11.7 Å². The SMILES string of the molecule is CC1CCN(S(=O)(=O)c2cn(CC(=O)Nc3ccc(Cl)cc3F)cn2)CC1. The molecule has 0 aliphatic carbocycles. The standard InChI is InChI=1S/C17H20ClFN4O3S/c1-12-4-6-23(7-5-12)27(25,26)17-10-22(11-20-17)9-16(24)21-15-3-2-13(18)8-14(15)19/h2-3,8,10-12H,4-7,9H2,1H3,(H,21,24). The lowest BCUT2D eigenvalue weighted by molar-refractivity contribution is -0.116. The minimum atomic E-state index is -3.68. The summed E-state index contributed by atoms with van der Waals surface area (Å²) in [5.74, 6) is -0.653. The van der Waals surface area contributed by atoms with Crippen LogP contribution in [-0.4, -0.2) is 41.3 Å². The summed E-state index contributed by atoms with van der Waals surface area (Å²) in [5.41, 5.74) is -0.000188. The predicted octanol–water partition coefficient (Wildman–Crippen LogP) is 2.73. The van der Waals surface area contributed by atoms with Crippen molar-refractivity contribution in [1.82, 2.24) is 13.9 Å². The molecule has 1 amide bonds. The summed E-state index contributed by atoms with van der Waals surface area (Å²) < 4.78 is 41.8. The van der Waals surface area contributed by atoms with Crippen molar-refractivity contribution in [3.8, 4) is 0 Å². The number of carbonyl (C=O) groups is 1. The van der Waals surface area contributed by atoms with Crippen LogP contribution >= 0.6 is 11.6 Å². The van der Waals surface area contributed by atoms with Gasteiger partial charge < -0.3 is 9.88 Å². The topological polar surface area (TPSA) is 84.3 Å². The number of nitrogens with zero attached hydrogens (tertiary/aromatic N) is 3. The average molecular weight is 415 g/mol. The first-order valence-corrected chi connectivity index (χ1v) is 10.3. The molecular formula is C17H20ClFN4O3S. The van der Waals surface area contributed by atoms with E-state index in [0.717, 1.165) is 18.9 Å². The first-order chi connectivity index (χ1) is 12.8. The van der Waals surface area contributed by atoms with Gasteiger partial charge in [-0.05, 0) is 37.0 Å². The monoisotopic (exact) mass is 414 g/mol. The van der Waals surface area contributed by atoms with Crippen LogP contribution in [0.1, 0.15) is 19.8 Å². The van der Waals surface area contributed by atoms with E-state index < -0.39 is 21.7 Å². The summed E-state index contributed by atoms with van der Waals surface area (Å²) >= 11 is 5.67. The maximum atomic E-state index is 13.7. The lowest BCUT2D eigenvalue weighted by Gasteiger charge is -2.28. The molecule has 1 fully saturated rings. The second-order valence-corrected chi connectivity index (χ2v) is 8.96. The molecule has 1 aromatic heterocycles. The fourth-order valence-electron chi connectivity index (χ4n) is 2.86. The number of hydrogen-bond donors (Lipinski definition) is 1. The van der Waals surface area contributed by atoms with Crippen LogP contribution in [0.3, 0.4) is 0 Å². The minimum Gasteiger partial charge on any atom is -0.327 e. The van der Waals surface area contributed by atoms with Gasteiger partial charge in [-0.3, -0.25) is 4.79 Å². The Labute approximate surface area is 162 Å². The van der Waals surface area contributed by atoms with Gasteiger partial charge in [0.1, 0.15) is 12.4 Å². The maximum Gasteiger partial charge on any atom is 0.262 e. The van der Waals surface area contributed by atoms with E-state index in [1.54, 1.807) is 0 Å². The highest BCUT2D eigenvalue weighted by Crippen LogP contribution is 2.22. The normalized spacial score (nSPS) is 16.4.